The monoisotopic (exact) mass is 344 g/mol. The molecule has 0 fully saturated rings. The highest BCUT2D eigenvalue weighted by atomic mass is 35.5. The predicted octanol–water partition coefficient (Wildman–Crippen LogP) is 3.98. The Balaban J connectivity index is 2.08. The second-order valence-electron chi connectivity index (χ2n) is 4.34. The summed E-state index contributed by atoms with van der Waals surface area (Å²) in [6.45, 7) is 3.73. The number of aromatic nitrogens is 2. The Morgan fingerprint density at radius 2 is 2.14 bits per heavy atom. The van der Waals surface area contributed by atoms with E-state index in [1.54, 1.807) is 18.2 Å². The molecule has 8 heteroatoms. The summed E-state index contributed by atoms with van der Waals surface area (Å²) in [5.74, 6) is -0.190. The number of carbonyl (C=O) groups is 1. The number of amides is 1. The summed E-state index contributed by atoms with van der Waals surface area (Å²) in [5, 5.41) is 15.9. The van der Waals surface area contributed by atoms with Crippen molar-refractivity contribution in [3.63, 3.8) is 0 Å². The molecule has 0 unspecified atom stereocenters. The second-order valence-corrected chi connectivity index (χ2v) is 6.37. The summed E-state index contributed by atoms with van der Waals surface area (Å²) in [7, 11) is 0. The van der Waals surface area contributed by atoms with Crippen LogP contribution in [0.2, 0.25) is 10.0 Å². The predicted molar refractivity (Wildman–Crippen MR) is 87.4 cm³/mol. The van der Waals surface area contributed by atoms with E-state index < -0.39 is 6.04 Å². The maximum atomic E-state index is 12.2. The fourth-order valence-corrected chi connectivity index (χ4v) is 2.63. The molecule has 2 rings (SSSR count). The van der Waals surface area contributed by atoms with E-state index in [0.717, 1.165) is 5.01 Å². The highest BCUT2D eigenvalue weighted by Gasteiger charge is 2.19. The van der Waals surface area contributed by atoms with Gasteiger partial charge >= 0.3 is 0 Å². The van der Waals surface area contributed by atoms with Crippen molar-refractivity contribution >= 4 is 51.3 Å². The van der Waals surface area contributed by atoms with Crippen molar-refractivity contribution in [2.24, 2.45) is 0 Å². The van der Waals surface area contributed by atoms with E-state index in [9.17, 15) is 4.79 Å². The molecule has 21 heavy (non-hydrogen) atoms. The van der Waals surface area contributed by atoms with Crippen molar-refractivity contribution in [1.82, 2.24) is 10.2 Å². The van der Waals surface area contributed by atoms with Gasteiger partial charge in [-0.15, -0.1) is 10.2 Å². The first-order valence-corrected chi connectivity index (χ1v) is 7.89. The molecule has 2 aromatic rings. The van der Waals surface area contributed by atoms with Crippen LogP contribution in [0.1, 0.15) is 18.4 Å². The molecule has 112 valence electrons. The zero-order valence-corrected chi connectivity index (χ0v) is 13.8. The average molecular weight is 345 g/mol. The fourth-order valence-electron chi connectivity index (χ4n) is 1.69. The molecule has 1 aromatic carbocycles. The number of hydrogen-bond acceptors (Lipinski definition) is 5. The summed E-state index contributed by atoms with van der Waals surface area (Å²) in [5.41, 5.74) is 0.625. The van der Waals surface area contributed by atoms with Crippen LogP contribution in [-0.2, 0) is 4.79 Å². The van der Waals surface area contributed by atoms with E-state index in [2.05, 4.69) is 20.8 Å². The Kier molecular flexibility index (Phi) is 5.39. The van der Waals surface area contributed by atoms with Crippen LogP contribution in [-0.4, -0.2) is 22.1 Å². The molecular formula is C13H14Cl2N4OS. The summed E-state index contributed by atoms with van der Waals surface area (Å²) in [4.78, 5) is 12.2. The zero-order valence-electron chi connectivity index (χ0n) is 11.5. The van der Waals surface area contributed by atoms with E-state index in [4.69, 9.17) is 23.2 Å². The molecule has 0 aliphatic rings. The normalized spacial score (nSPS) is 12.0. The molecule has 0 saturated heterocycles. The van der Waals surface area contributed by atoms with Crippen LogP contribution in [0.5, 0.6) is 0 Å². The van der Waals surface area contributed by atoms with Gasteiger partial charge in [-0.2, -0.15) is 0 Å². The molecule has 0 spiro atoms. The van der Waals surface area contributed by atoms with Gasteiger partial charge in [0.2, 0.25) is 11.0 Å². The van der Waals surface area contributed by atoms with Gasteiger partial charge < -0.3 is 5.32 Å². The Morgan fingerprint density at radius 1 is 1.38 bits per heavy atom. The Hall–Kier alpha value is -1.37. The van der Waals surface area contributed by atoms with Crippen LogP contribution in [0, 0.1) is 6.92 Å². The van der Waals surface area contributed by atoms with Crippen LogP contribution >= 0.6 is 34.5 Å². The number of aryl methyl sites for hydroxylation is 1. The van der Waals surface area contributed by atoms with Crippen LogP contribution in [0.3, 0.4) is 0 Å². The van der Waals surface area contributed by atoms with E-state index in [0.29, 0.717) is 27.3 Å². The largest absolute Gasteiger partial charge is 0.372 e. The van der Waals surface area contributed by atoms with Gasteiger partial charge in [0.15, 0.2) is 0 Å². The molecule has 0 radical (unpaired) electrons. The highest BCUT2D eigenvalue weighted by Crippen LogP contribution is 2.26. The van der Waals surface area contributed by atoms with Crippen molar-refractivity contribution in [3.05, 3.63) is 33.3 Å². The quantitative estimate of drug-likeness (QED) is 0.860. The number of nitrogens with zero attached hydrogens (tertiary/aromatic N) is 2. The minimum Gasteiger partial charge on any atom is -0.372 e. The number of rotatable bonds is 5. The second kappa shape index (κ2) is 7.06. The van der Waals surface area contributed by atoms with E-state index in [-0.39, 0.29) is 5.91 Å². The van der Waals surface area contributed by atoms with Gasteiger partial charge in [-0.3, -0.25) is 10.1 Å². The SMILES string of the molecule is CC[C@H](Nc1cc(Cl)ccc1Cl)C(=O)Nc1nnc(C)s1. The van der Waals surface area contributed by atoms with Crippen LogP contribution in [0.15, 0.2) is 18.2 Å². The number of halogens is 2. The smallest absolute Gasteiger partial charge is 0.248 e. The molecule has 0 aliphatic heterocycles. The van der Waals surface area contributed by atoms with E-state index in [1.165, 1.54) is 11.3 Å². The Bertz CT molecular complexity index is 647. The van der Waals surface area contributed by atoms with Crippen molar-refractivity contribution in [1.29, 1.82) is 0 Å². The molecule has 1 atom stereocenters. The molecule has 0 saturated carbocycles. The van der Waals surface area contributed by atoms with E-state index >= 15 is 0 Å². The van der Waals surface area contributed by atoms with Gasteiger partial charge in [-0.05, 0) is 31.5 Å². The van der Waals surface area contributed by atoms with Gasteiger partial charge in [0, 0.05) is 5.02 Å². The Morgan fingerprint density at radius 3 is 2.76 bits per heavy atom. The lowest BCUT2D eigenvalue weighted by Gasteiger charge is -2.18. The topological polar surface area (TPSA) is 66.9 Å². The first-order chi connectivity index (χ1) is 9.99. The van der Waals surface area contributed by atoms with Gasteiger partial charge in [0.05, 0.1) is 10.7 Å². The number of anilines is 2. The highest BCUT2D eigenvalue weighted by molar-refractivity contribution is 7.15. The molecule has 0 bridgehead atoms. The molecule has 0 aliphatic carbocycles. The Labute approximate surface area is 136 Å². The van der Waals surface area contributed by atoms with Gasteiger partial charge in [-0.25, -0.2) is 0 Å². The summed E-state index contributed by atoms with van der Waals surface area (Å²) in [6, 6.07) is 4.63. The zero-order chi connectivity index (χ0) is 15.4. The van der Waals surface area contributed by atoms with Crippen molar-refractivity contribution in [3.8, 4) is 0 Å². The average Bonchev–Trinajstić information content (AvgIpc) is 2.84. The third-order valence-corrected chi connectivity index (χ3v) is 4.06. The van der Waals surface area contributed by atoms with Crippen molar-refractivity contribution in [2.75, 3.05) is 10.6 Å². The number of benzene rings is 1. The van der Waals surface area contributed by atoms with Gasteiger partial charge in [-0.1, -0.05) is 41.5 Å². The fraction of sp³-hybridized carbons (Fsp3) is 0.308. The van der Waals surface area contributed by atoms with Crippen LogP contribution in [0.25, 0.3) is 0 Å². The van der Waals surface area contributed by atoms with Gasteiger partial charge in [0.1, 0.15) is 11.0 Å². The van der Waals surface area contributed by atoms with Crippen LogP contribution in [0.4, 0.5) is 10.8 Å². The minimum atomic E-state index is -0.440. The third-order valence-electron chi connectivity index (χ3n) is 2.74. The molecule has 1 heterocycles. The molecule has 1 amide bonds. The number of hydrogen-bond donors (Lipinski definition) is 2. The third kappa shape index (κ3) is 4.30. The van der Waals surface area contributed by atoms with Gasteiger partial charge in [0.25, 0.3) is 0 Å². The maximum Gasteiger partial charge on any atom is 0.248 e. The molecule has 1 aromatic heterocycles. The molecule has 5 nitrogen and oxygen atoms in total. The summed E-state index contributed by atoms with van der Waals surface area (Å²) < 4.78 is 0. The van der Waals surface area contributed by atoms with E-state index in [1.807, 2.05) is 13.8 Å². The molecule has 2 N–H and O–H groups in total. The standard InChI is InChI=1S/C13H14Cl2N4OS/c1-3-10(12(20)17-13-19-18-7(2)21-13)16-11-6-8(14)4-5-9(11)15/h4-6,10,16H,3H2,1-2H3,(H,17,19,20)/t10-/m0/s1. The van der Waals surface area contributed by atoms with Crippen LogP contribution < -0.4 is 10.6 Å². The van der Waals surface area contributed by atoms with Crippen molar-refractivity contribution < 1.29 is 4.79 Å². The lowest BCUT2D eigenvalue weighted by molar-refractivity contribution is -0.117. The minimum absolute atomic E-state index is 0.190. The molecular weight excluding hydrogens is 331 g/mol. The summed E-state index contributed by atoms with van der Waals surface area (Å²) in [6.07, 6.45) is 0.590. The number of carbonyl (C=O) groups excluding carboxylic acids is 1. The number of nitrogens with one attached hydrogen (secondary N) is 2. The first kappa shape index (κ1) is 16.0. The first-order valence-electron chi connectivity index (χ1n) is 6.32. The lowest BCUT2D eigenvalue weighted by atomic mass is 10.2. The van der Waals surface area contributed by atoms with Crippen molar-refractivity contribution in [2.45, 2.75) is 26.3 Å². The maximum absolute atomic E-state index is 12.2. The lowest BCUT2D eigenvalue weighted by Crippen LogP contribution is -2.34. The summed E-state index contributed by atoms with van der Waals surface area (Å²) >= 11 is 13.4.